The minimum Gasteiger partial charge on any atom is -0.353 e. The summed E-state index contributed by atoms with van der Waals surface area (Å²) in [5, 5.41) is 0. The van der Waals surface area contributed by atoms with Crippen LogP contribution in [0.5, 0.6) is 0 Å². The Kier molecular flexibility index (Phi) is 6.45. The Morgan fingerprint density at radius 3 is 2.35 bits per heavy atom. The minimum absolute atomic E-state index is 0.0185. The maximum absolute atomic E-state index is 5.58. The monoisotopic (exact) mass is 243 g/mol. The van der Waals surface area contributed by atoms with E-state index in [-0.39, 0.29) is 6.29 Å². The second-order valence-electron chi connectivity index (χ2n) is 5.67. The Morgan fingerprint density at radius 2 is 1.82 bits per heavy atom. The zero-order chi connectivity index (χ0) is 12.7. The first-order valence-corrected chi connectivity index (χ1v) is 7.03. The molecule has 1 fully saturated rings. The van der Waals surface area contributed by atoms with E-state index < -0.39 is 0 Å². The van der Waals surface area contributed by atoms with Gasteiger partial charge in [-0.25, -0.2) is 0 Å². The van der Waals surface area contributed by atoms with Crippen LogP contribution in [-0.2, 0) is 9.47 Å². The Morgan fingerprint density at radius 1 is 1.18 bits per heavy atom. The molecule has 3 heteroatoms. The van der Waals surface area contributed by atoms with Crippen LogP contribution in [-0.4, -0.2) is 44.0 Å². The molecule has 3 nitrogen and oxygen atoms in total. The first-order valence-electron chi connectivity index (χ1n) is 7.03. The van der Waals surface area contributed by atoms with Crippen molar-refractivity contribution >= 4 is 0 Å². The van der Waals surface area contributed by atoms with Gasteiger partial charge in [0.15, 0.2) is 6.29 Å². The summed E-state index contributed by atoms with van der Waals surface area (Å²) < 4.78 is 11.2. The number of nitrogens with zero attached hydrogens (tertiary/aromatic N) is 1. The molecular weight excluding hydrogens is 214 g/mol. The molecule has 0 amide bonds. The van der Waals surface area contributed by atoms with Crippen molar-refractivity contribution in [2.24, 2.45) is 5.41 Å². The molecule has 1 rings (SSSR count). The van der Waals surface area contributed by atoms with Gasteiger partial charge < -0.3 is 14.4 Å². The minimum atomic E-state index is -0.0185. The van der Waals surface area contributed by atoms with E-state index in [9.17, 15) is 0 Å². The molecule has 0 aromatic heterocycles. The van der Waals surface area contributed by atoms with Crippen LogP contribution in [0.4, 0.5) is 0 Å². The molecule has 0 spiro atoms. The molecule has 0 atom stereocenters. The van der Waals surface area contributed by atoms with Crippen LogP contribution >= 0.6 is 0 Å². The number of piperidine rings is 1. The van der Waals surface area contributed by atoms with Gasteiger partial charge in [0, 0.05) is 32.7 Å². The van der Waals surface area contributed by atoms with Crippen molar-refractivity contribution in [1.29, 1.82) is 0 Å². The quantitative estimate of drug-likeness (QED) is 0.642. The normalized spacial score (nSPS) is 21.0. The van der Waals surface area contributed by atoms with E-state index in [4.69, 9.17) is 9.47 Å². The summed E-state index contributed by atoms with van der Waals surface area (Å²) in [5.74, 6) is 0. The van der Waals surface area contributed by atoms with Crippen molar-refractivity contribution in [2.45, 2.75) is 53.2 Å². The Bertz CT molecular complexity index is 200. The van der Waals surface area contributed by atoms with Gasteiger partial charge in [-0.1, -0.05) is 13.8 Å². The molecule has 0 saturated carbocycles. The predicted molar refractivity (Wildman–Crippen MR) is 71.1 cm³/mol. The van der Waals surface area contributed by atoms with Crippen LogP contribution in [0.3, 0.4) is 0 Å². The molecule has 102 valence electrons. The van der Waals surface area contributed by atoms with E-state index in [0.29, 0.717) is 5.41 Å². The third kappa shape index (κ3) is 5.84. The smallest absolute Gasteiger partial charge is 0.158 e. The van der Waals surface area contributed by atoms with Crippen LogP contribution in [0, 0.1) is 5.41 Å². The van der Waals surface area contributed by atoms with Crippen molar-refractivity contribution in [3.8, 4) is 0 Å². The summed E-state index contributed by atoms with van der Waals surface area (Å²) >= 11 is 0. The number of ether oxygens (including phenoxy) is 2. The van der Waals surface area contributed by atoms with Gasteiger partial charge in [-0.05, 0) is 38.6 Å². The summed E-state index contributed by atoms with van der Waals surface area (Å²) in [7, 11) is 0. The fraction of sp³-hybridized carbons (Fsp3) is 1.00. The topological polar surface area (TPSA) is 21.7 Å². The molecule has 0 aromatic rings. The first-order chi connectivity index (χ1) is 8.07. The fourth-order valence-electron chi connectivity index (χ4n) is 2.61. The van der Waals surface area contributed by atoms with Crippen LogP contribution in [0.15, 0.2) is 0 Å². The molecule has 17 heavy (non-hydrogen) atoms. The van der Waals surface area contributed by atoms with Gasteiger partial charge in [0.05, 0.1) is 0 Å². The third-order valence-electron chi connectivity index (χ3n) is 3.37. The second kappa shape index (κ2) is 7.34. The lowest BCUT2D eigenvalue weighted by molar-refractivity contribution is -0.142. The maximum atomic E-state index is 5.58. The van der Waals surface area contributed by atoms with E-state index in [1.807, 2.05) is 13.8 Å². The van der Waals surface area contributed by atoms with Gasteiger partial charge in [0.2, 0.25) is 0 Å². The predicted octanol–water partition coefficient (Wildman–Crippen LogP) is 2.90. The molecule has 1 heterocycles. The van der Waals surface area contributed by atoms with Gasteiger partial charge in [-0.15, -0.1) is 0 Å². The number of likely N-dealkylation sites (tertiary alicyclic amines) is 1. The van der Waals surface area contributed by atoms with Gasteiger partial charge in [0.25, 0.3) is 0 Å². The molecule has 0 aromatic carbocycles. The highest BCUT2D eigenvalue weighted by Crippen LogP contribution is 2.28. The van der Waals surface area contributed by atoms with Crippen LogP contribution < -0.4 is 0 Å². The number of rotatable bonds is 7. The number of hydrogen-bond donors (Lipinski definition) is 0. The Balaban J connectivity index is 2.27. The molecular formula is C14H29NO2. The van der Waals surface area contributed by atoms with Crippen LogP contribution in [0.25, 0.3) is 0 Å². The zero-order valence-corrected chi connectivity index (χ0v) is 12.0. The van der Waals surface area contributed by atoms with Crippen LogP contribution in [0.1, 0.15) is 47.0 Å². The van der Waals surface area contributed by atoms with E-state index in [1.165, 1.54) is 25.9 Å². The highest BCUT2D eigenvalue weighted by molar-refractivity contribution is 4.79. The summed E-state index contributed by atoms with van der Waals surface area (Å²) in [6, 6.07) is 0. The van der Waals surface area contributed by atoms with Gasteiger partial charge in [-0.3, -0.25) is 0 Å². The molecule has 1 aliphatic heterocycles. The van der Waals surface area contributed by atoms with Gasteiger partial charge in [-0.2, -0.15) is 0 Å². The Hall–Kier alpha value is -0.120. The zero-order valence-electron chi connectivity index (χ0n) is 12.0. The lowest BCUT2D eigenvalue weighted by atomic mass is 9.84. The SMILES string of the molecule is CCOC(CCN1CCCC(C)(C)C1)OCC. The average Bonchev–Trinajstić information content (AvgIpc) is 2.25. The maximum Gasteiger partial charge on any atom is 0.158 e. The molecule has 0 bridgehead atoms. The lowest BCUT2D eigenvalue weighted by Gasteiger charge is -2.38. The highest BCUT2D eigenvalue weighted by atomic mass is 16.7. The summed E-state index contributed by atoms with van der Waals surface area (Å²) in [6.45, 7) is 13.8. The van der Waals surface area contributed by atoms with E-state index in [2.05, 4.69) is 18.7 Å². The van der Waals surface area contributed by atoms with Crippen molar-refractivity contribution in [2.75, 3.05) is 32.8 Å². The largest absolute Gasteiger partial charge is 0.353 e. The number of hydrogen-bond acceptors (Lipinski definition) is 3. The van der Waals surface area contributed by atoms with E-state index in [1.54, 1.807) is 0 Å². The van der Waals surface area contributed by atoms with Crippen molar-refractivity contribution in [1.82, 2.24) is 4.90 Å². The van der Waals surface area contributed by atoms with Crippen molar-refractivity contribution in [3.63, 3.8) is 0 Å². The molecule has 1 aliphatic rings. The first kappa shape index (κ1) is 14.9. The molecule has 0 radical (unpaired) electrons. The molecule has 1 saturated heterocycles. The fourth-order valence-corrected chi connectivity index (χ4v) is 2.61. The molecule has 0 aliphatic carbocycles. The van der Waals surface area contributed by atoms with Gasteiger partial charge >= 0.3 is 0 Å². The van der Waals surface area contributed by atoms with E-state index in [0.717, 1.165) is 26.2 Å². The summed E-state index contributed by atoms with van der Waals surface area (Å²) in [5.41, 5.74) is 0.477. The second-order valence-corrected chi connectivity index (χ2v) is 5.67. The lowest BCUT2D eigenvalue weighted by Crippen LogP contribution is -2.41. The third-order valence-corrected chi connectivity index (χ3v) is 3.37. The van der Waals surface area contributed by atoms with Crippen molar-refractivity contribution < 1.29 is 9.47 Å². The standard InChI is InChI=1S/C14H29NO2/c1-5-16-13(17-6-2)8-11-15-10-7-9-14(3,4)12-15/h13H,5-12H2,1-4H3. The van der Waals surface area contributed by atoms with Gasteiger partial charge in [0.1, 0.15) is 0 Å². The average molecular weight is 243 g/mol. The summed E-state index contributed by atoms with van der Waals surface area (Å²) in [6.07, 6.45) is 3.64. The van der Waals surface area contributed by atoms with Crippen LogP contribution in [0.2, 0.25) is 0 Å². The summed E-state index contributed by atoms with van der Waals surface area (Å²) in [4.78, 5) is 2.55. The van der Waals surface area contributed by atoms with Crippen molar-refractivity contribution in [3.05, 3.63) is 0 Å². The Labute approximate surface area is 106 Å². The van der Waals surface area contributed by atoms with E-state index >= 15 is 0 Å². The molecule has 0 N–H and O–H groups in total. The highest BCUT2D eigenvalue weighted by Gasteiger charge is 2.26. The molecule has 0 unspecified atom stereocenters.